The van der Waals surface area contributed by atoms with Crippen molar-refractivity contribution in [2.24, 2.45) is 0 Å². The number of amides is 1. The minimum absolute atomic E-state index is 0.183. The van der Waals surface area contributed by atoms with Crippen LogP contribution in [0.25, 0.3) is 0 Å². The van der Waals surface area contributed by atoms with E-state index in [4.69, 9.17) is 16.7 Å². The predicted octanol–water partition coefficient (Wildman–Crippen LogP) is 1.85. The van der Waals surface area contributed by atoms with Gasteiger partial charge in [0.2, 0.25) is 0 Å². The van der Waals surface area contributed by atoms with Crippen molar-refractivity contribution in [2.75, 3.05) is 11.9 Å². The van der Waals surface area contributed by atoms with Gasteiger partial charge in [0, 0.05) is 13.2 Å². The molecule has 1 heterocycles. The van der Waals surface area contributed by atoms with Crippen LogP contribution in [-0.4, -0.2) is 23.2 Å². The Balaban J connectivity index is 3.02. The highest BCUT2D eigenvalue weighted by molar-refractivity contribution is 6.32. The molecule has 12 heavy (non-hydrogen) atoms. The van der Waals surface area contributed by atoms with Gasteiger partial charge in [0.25, 0.3) is 0 Å². The first kappa shape index (κ1) is 8.80. The standard InChI is InChI=1S/C7H7ClN2O2/c1-10(7(11)12)5-3-2-4-9-6(5)8/h2-4H,1H3,(H,11,12). The van der Waals surface area contributed by atoms with Crippen LogP contribution in [0.5, 0.6) is 0 Å². The van der Waals surface area contributed by atoms with Crippen LogP contribution in [0.4, 0.5) is 10.5 Å². The number of carbonyl (C=O) groups is 1. The van der Waals surface area contributed by atoms with Crippen LogP contribution in [0.1, 0.15) is 0 Å². The Hall–Kier alpha value is -1.29. The van der Waals surface area contributed by atoms with E-state index in [-0.39, 0.29) is 5.15 Å². The fourth-order valence-electron chi connectivity index (χ4n) is 0.731. The third kappa shape index (κ3) is 1.65. The Bertz CT molecular complexity index is 303. The van der Waals surface area contributed by atoms with Crippen molar-refractivity contribution in [1.82, 2.24) is 4.98 Å². The Labute approximate surface area is 74.4 Å². The molecule has 0 spiro atoms. The maximum atomic E-state index is 10.5. The monoisotopic (exact) mass is 186 g/mol. The Morgan fingerprint density at radius 2 is 2.42 bits per heavy atom. The summed E-state index contributed by atoms with van der Waals surface area (Å²) in [6, 6.07) is 3.21. The molecule has 0 aliphatic rings. The molecule has 5 heteroatoms. The summed E-state index contributed by atoms with van der Waals surface area (Å²) in [5, 5.41) is 8.78. The van der Waals surface area contributed by atoms with Crippen LogP contribution in [0, 0.1) is 0 Å². The number of halogens is 1. The van der Waals surface area contributed by atoms with Gasteiger partial charge in [-0.1, -0.05) is 11.6 Å². The SMILES string of the molecule is CN(C(=O)O)c1cccnc1Cl. The van der Waals surface area contributed by atoms with E-state index >= 15 is 0 Å². The summed E-state index contributed by atoms with van der Waals surface area (Å²) in [6.45, 7) is 0. The molecule has 0 aliphatic heterocycles. The molecule has 0 atom stereocenters. The van der Waals surface area contributed by atoms with Crippen molar-refractivity contribution in [3.05, 3.63) is 23.5 Å². The lowest BCUT2D eigenvalue weighted by atomic mass is 10.4. The summed E-state index contributed by atoms with van der Waals surface area (Å²) >= 11 is 5.65. The molecule has 1 aromatic rings. The number of nitrogens with zero attached hydrogens (tertiary/aromatic N) is 2. The summed E-state index contributed by atoms with van der Waals surface area (Å²) in [5.74, 6) is 0. The molecular weight excluding hydrogens is 180 g/mol. The zero-order valence-corrected chi connectivity index (χ0v) is 7.12. The first-order chi connectivity index (χ1) is 5.63. The molecule has 64 valence electrons. The van der Waals surface area contributed by atoms with Crippen molar-refractivity contribution in [3.63, 3.8) is 0 Å². The molecule has 0 aromatic carbocycles. The molecule has 0 radical (unpaired) electrons. The number of anilines is 1. The zero-order chi connectivity index (χ0) is 9.14. The molecule has 0 unspecified atom stereocenters. The van der Waals surface area contributed by atoms with E-state index in [1.165, 1.54) is 13.2 Å². The van der Waals surface area contributed by atoms with Gasteiger partial charge in [-0.15, -0.1) is 0 Å². The number of rotatable bonds is 1. The van der Waals surface area contributed by atoms with E-state index in [9.17, 15) is 4.79 Å². The van der Waals surface area contributed by atoms with Gasteiger partial charge >= 0.3 is 6.09 Å². The Kier molecular flexibility index (Phi) is 2.50. The minimum Gasteiger partial charge on any atom is -0.465 e. The molecule has 1 aromatic heterocycles. The first-order valence-corrected chi connectivity index (χ1v) is 3.58. The van der Waals surface area contributed by atoms with Gasteiger partial charge in [-0.05, 0) is 12.1 Å². The van der Waals surface area contributed by atoms with Crippen LogP contribution in [0.3, 0.4) is 0 Å². The van der Waals surface area contributed by atoms with Crippen molar-refractivity contribution in [3.8, 4) is 0 Å². The minimum atomic E-state index is -1.06. The van der Waals surface area contributed by atoms with Crippen LogP contribution >= 0.6 is 11.6 Å². The average molecular weight is 187 g/mol. The van der Waals surface area contributed by atoms with Crippen LogP contribution in [0.2, 0.25) is 5.15 Å². The van der Waals surface area contributed by atoms with Crippen molar-refractivity contribution in [1.29, 1.82) is 0 Å². The van der Waals surface area contributed by atoms with Crippen molar-refractivity contribution in [2.45, 2.75) is 0 Å². The van der Waals surface area contributed by atoms with Crippen molar-refractivity contribution < 1.29 is 9.90 Å². The molecule has 0 saturated carbocycles. The zero-order valence-electron chi connectivity index (χ0n) is 6.36. The highest BCUT2D eigenvalue weighted by atomic mass is 35.5. The van der Waals surface area contributed by atoms with Gasteiger partial charge in [-0.2, -0.15) is 0 Å². The van der Waals surface area contributed by atoms with E-state index in [1.54, 1.807) is 12.1 Å². The lowest BCUT2D eigenvalue weighted by Crippen LogP contribution is -2.24. The number of carboxylic acid groups (broad SMARTS) is 1. The van der Waals surface area contributed by atoms with E-state index in [2.05, 4.69) is 4.98 Å². The second-order valence-corrected chi connectivity index (χ2v) is 2.51. The molecule has 0 saturated heterocycles. The van der Waals surface area contributed by atoms with Crippen LogP contribution in [-0.2, 0) is 0 Å². The molecule has 1 rings (SSSR count). The molecular formula is C7H7ClN2O2. The largest absolute Gasteiger partial charge is 0.465 e. The van der Waals surface area contributed by atoms with E-state index < -0.39 is 6.09 Å². The molecule has 0 bridgehead atoms. The van der Waals surface area contributed by atoms with Gasteiger partial charge in [-0.3, -0.25) is 4.90 Å². The van der Waals surface area contributed by atoms with Gasteiger partial charge in [0.05, 0.1) is 5.69 Å². The summed E-state index contributed by atoms with van der Waals surface area (Å²) in [4.78, 5) is 15.2. The highest BCUT2D eigenvalue weighted by Gasteiger charge is 2.11. The van der Waals surface area contributed by atoms with E-state index in [1.807, 2.05) is 0 Å². The second-order valence-electron chi connectivity index (χ2n) is 2.15. The fraction of sp³-hybridized carbons (Fsp3) is 0.143. The number of aromatic nitrogens is 1. The smallest absolute Gasteiger partial charge is 0.411 e. The molecule has 1 N–H and O–H groups in total. The number of hydrogen-bond donors (Lipinski definition) is 1. The summed E-state index contributed by atoms with van der Waals surface area (Å²) in [7, 11) is 1.41. The summed E-state index contributed by atoms with van der Waals surface area (Å²) < 4.78 is 0. The van der Waals surface area contributed by atoms with Gasteiger partial charge in [0.1, 0.15) is 0 Å². The second kappa shape index (κ2) is 3.40. The highest BCUT2D eigenvalue weighted by Crippen LogP contribution is 2.21. The Morgan fingerprint density at radius 3 is 2.92 bits per heavy atom. The molecule has 0 fully saturated rings. The number of hydrogen-bond acceptors (Lipinski definition) is 2. The van der Waals surface area contributed by atoms with Gasteiger partial charge in [0.15, 0.2) is 5.15 Å². The Morgan fingerprint density at radius 1 is 1.75 bits per heavy atom. The maximum Gasteiger partial charge on any atom is 0.411 e. The fourth-order valence-corrected chi connectivity index (χ4v) is 0.977. The first-order valence-electron chi connectivity index (χ1n) is 3.20. The number of pyridine rings is 1. The normalized spacial score (nSPS) is 9.50. The van der Waals surface area contributed by atoms with Gasteiger partial charge < -0.3 is 5.11 Å². The lowest BCUT2D eigenvalue weighted by Gasteiger charge is -2.12. The third-order valence-electron chi connectivity index (χ3n) is 1.39. The van der Waals surface area contributed by atoms with Crippen LogP contribution in [0.15, 0.2) is 18.3 Å². The van der Waals surface area contributed by atoms with E-state index in [0.717, 1.165) is 4.90 Å². The van der Waals surface area contributed by atoms with Crippen molar-refractivity contribution >= 4 is 23.4 Å². The summed E-state index contributed by atoms with van der Waals surface area (Å²) in [6.07, 6.45) is 0.437. The molecule has 4 nitrogen and oxygen atoms in total. The lowest BCUT2D eigenvalue weighted by molar-refractivity contribution is 0.203. The predicted molar refractivity (Wildman–Crippen MR) is 45.7 cm³/mol. The quantitative estimate of drug-likeness (QED) is 0.681. The third-order valence-corrected chi connectivity index (χ3v) is 1.68. The summed E-state index contributed by atoms with van der Waals surface area (Å²) in [5.41, 5.74) is 0.381. The molecule has 0 aliphatic carbocycles. The average Bonchev–Trinajstić information content (AvgIpc) is 2.04. The van der Waals surface area contributed by atoms with Crippen LogP contribution < -0.4 is 4.90 Å². The van der Waals surface area contributed by atoms with E-state index in [0.29, 0.717) is 5.69 Å². The topological polar surface area (TPSA) is 53.4 Å². The molecule has 1 amide bonds. The maximum absolute atomic E-state index is 10.5. The van der Waals surface area contributed by atoms with Gasteiger partial charge in [-0.25, -0.2) is 9.78 Å².